The fourth-order valence-corrected chi connectivity index (χ4v) is 1.25. The summed E-state index contributed by atoms with van der Waals surface area (Å²) in [4.78, 5) is 0. The molecule has 4 nitrogen and oxygen atoms in total. The molecule has 0 saturated carbocycles. The van der Waals surface area contributed by atoms with Gasteiger partial charge in [0.1, 0.15) is 12.4 Å². The second kappa shape index (κ2) is 7.09. The number of nitrogens with two attached hydrogens (primary N) is 1. The third-order valence-corrected chi connectivity index (χ3v) is 2.08. The number of methoxy groups -OCH3 is 1. The van der Waals surface area contributed by atoms with Crippen LogP contribution in [0.2, 0.25) is 0 Å². The van der Waals surface area contributed by atoms with Crippen molar-refractivity contribution in [1.29, 1.82) is 0 Å². The van der Waals surface area contributed by atoms with E-state index in [1.54, 1.807) is 7.11 Å². The predicted molar refractivity (Wildman–Crippen MR) is 63.8 cm³/mol. The topological polar surface area (TPSA) is 53.7 Å². The van der Waals surface area contributed by atoms with Crippen molar-refractivity contribution in [1.82, 2.24) is 0 Å². The zero-order chi connectivity index (χ0) is 11.8. The Labute approximate surface area is 96.3 Å². The maximum absolute atomic E-state index is 5.80. The lowest BCUT2D eigenvalue weighted by Crippen LogP contribution is -2.10. The van der Waals surface area contributed by atoms with E-state index in [2.05, 4.69) is 0 Å². The van der Waals surface area contributed by atoms with Crippen LogP contribution in [0.15, 0.2) is 18.2 Å². The quantitative estimate of drug-likeness (QED) is 0.566. The highest BCUT2D eigenvalue weighted by molar-refractivity contribution is 5.53. The molecule has 0 bridgehead atoms. The molecule has 4 heteroatoms. The van der Waals surface area contributed by atoms with Gasteiger partial charge in [-0.25, -0.2) is 0 Å². The molecule has 16 heavy (non-hydrogen) atoms. The Kier molecular flexibility index (Phi) is 5.67. The summed E-state index contributed by atoms with van der Waals surface area (Å²) < 4.78 is 15.6. The van der Waals surface area contributed by atoms with Gasteiger partial charge in [-0.05, 0) is 24.6 Å². The third kappa shape index (κ3) is 4.51. The Morgan fingerprint density at radius 2 is 1.88 bits per heavy atom. The summed E-state index contributed by atoms with van der Waals surface area (Å²) in [5, 5.41) is 0. The first-order chi connectivity index (χ1) is 7.74. The van der Waals surface area contributed by atoms with Gasteiger partial charge in [-0.1, -0.05) is 6.07 Å². The van der Waals surface area contributed by atoms with Crippen LogP contribution in [-0.4, -0.2) is 33.5 Å². The van der Waals surface area contributed by atoms with Gasteiger partial charge in [0.2, 0.25) is 0 Å². The monoisotopic (exact) mass is 225 g/mol. The Morgan fingerprint density at radius 3 is 2.56 bits per heavy atom. The maximum atomic E-state index is 5.80. The fraction of sp³-hybridized carbons (Fsp3) is 0.500. The molecule has 2 N–H and O–H groups in total. The summed E-state index contributed by atoms with van der Waals surface area (Å²) in [6.45, 7) is 4.22. The highest BCUT2D eigenvalue weighted by Crippen LogP contribution is 2.21. The van der Waals surface area contributed by atoms with Crippen LogP contribution in [0.25, 0.3) is 0 Å². The lowest BCUT2D eigenvalue weighted by Gasteiger charge is -2.09. The lowest BCUT2D eigenvalue weighted by atomic mass is 10.2. The molecule has 0 spiro atoms. The van der Waals surface area contributed by atoms with Gasteiger partial charge in [0, 0.05) is 7.11 Å². The molecule has 1 rings (SSSR count). The first-order valence-electron chi connectivity index (χ1n) is 5.29. The van der Waals surface area contributed by atoms with Crippen LogP contribution < -0.4 is 10.5 Å². The first kappa shape index (κ1) is 12.8. The van der Waals surface area contributed by atoms with Gasteiger partial charge in [-0.15, -0.1) is 0 Å². The Morgan fingerprint density at radius 1 is 1.12 bits per heavy atom. The lowest BCUT2D eigenvalue weighted by molar-refractivity contribution is 0.0545. The second-order valence-corrected chi connectivity index (χ2v) is 3.49. The highest BCUT2D eigenvalue weighted by atomic mass is 16.5. The van der Waals surface area contributed by atoms with Gasteiger partial charge < -0.3 is 19.9 Å². The summed E-state index contributed by atoms with van der Waals surface area (Å²) in [6.07, 6.45) is 0. The molecule has 0 radical (unpaired) electrons. The van der Waals surface area contributed by atoms with Crippen LogP contribution >= 0.6 is 0 Å². The molecule has 0 atom stereocenters. The molecule has 0 fully saturated rings. The molecule has 0 heterocycles. The number of rotatable bonds is 7. The number of benzene rings is 1. The van der Waals surface area contributed by atoms with Gasteiger partial charge in [-0.2, -0.15) is 0 Å². The average Bonchev–Trinajstić information content (AvgIpc) is 2.26. The number of hydrogen-bond donors (Lipinski definition) is 1. The molecular formula is C12H19NO3. The molecule has 1 aromatic carbocycles. The molecule has 0 aromatic heterocycles. The first-order valence-corrected chi connectivity index (χ1v) is 5.29. The van der Waals surface area contributed by atoms with Gasteiger partial charge in [-0.3, -0.25) is 0 Å². The fourth-order valence-electron chi connectivity index (χ4n) is 1.25. The van der Waals surface area contributed by atoms with Crippen molar-refractivity contribution in [3.63, 3.8) is 0 Å². The molecule has 0 amide bonds. The van der Waals surface area contributed by atoms with Crippen molar-refractivity contribution in [2.75, 3.05) is 39.3 Å². The number of nitrogen functional groups attached to an aromatic ring is 1. The van der Waals surface area contributed by atoms with Crippen LogP contribution in [0.1, 0.15) is 5.56 Å². The summed E-state index contributed by atoms with van der Waals surface area (Å²) in [5.41, 5.74) is 7.59. The minimum atomic E-state index is 0.497. The molecule has 0 aliphatic carbocycles. The summed E-state index contributed by atoms with van der Waals surface area (Å²) >= 11 is 0. The van der Waals surface area contributed by atoms with Crippen molar-refractivity contribution < 1.29 is 14.2 Å². The van der Waals surface area contributed by atoms with Crippen molar-refractivity contribution >= 4 is 5.69 Å². The number of anilines is 1. The van der Waals surface area contributed by atoms with Crippen LogP contribution in [0.5, 0.6) is 5.75 Å². The normalized spacial score (nSPS) is 10.4. The molecular weight excluding hydrogens is 206 g/mol. The van der Waals surface area contributed by atoms with Gasteiger partial charge in [0.05, 0.1) is 25.5 Å². The standard InChI is InChI=1S/C12H19NO3/c1-10-3-4-12(11(13)9-10)16-8-7-15-6-5-14-2/h3-4,9H,5-8,13H2,1-2H3. The minimum Gasteiger partial charge on any atom is -0.489 e. The van der Waals surface area contributed by atoms with Crippen molar-refractivity contribution in [2.24, 2.45) is 0 Å². The van der Waals surface area contributed by atoms with Gasteiger partial charge in [0.15, 0.2) is 0 Å². The molecule has 0 unspecified atom stereocenters. The van der Waals surface area contributed by atoms with Crippen molar-refractivity contribution in [3.05, 3.63) is 23.8 Å². The highest BCUT2D eigenvalue weighted by Gasteiger charge is 1.99. The predicted octanol–water partition coefficient (Wildman–Crippen LogP) is 1.62. The molecule has 0 aliphatic heterocycles. The van der Waals surface area contributed by atoms with E-state index in [0.717, 1.165) is 5.56 Å². The SMILES string of the molecule is COCCOCCOc1ccc(C)cc1N. The largest absolute Gasteiger partial charge is 0.489 e. The van der Waals surface area contributed by atoms with E-state index < -0.39 is 0 Å². The molecule has 1 aromatic rings. The number of hydrogen-bond acceptors (Lipinski definition) is 4. The van der Waals surface area contributed by atoms with E-state index in [1.807, 2.05) is 25.1 Å². The van der Waals surface area contributed by atoms with Crippen molar-refractivity contribution in [3.8, 4) is 5.75 Å². The van der Waals surface area contributed by atoms with Crippen LogP contribution in [-0.2, 0) is 9.47 Å². The Hall–Kier alpha value is -1.26. The minimum absolute atomic E-state index is 0.497. The van der Waals surface area contributed by atoms with E-state index in [1.165, 1.54) is 0 Å². The van der Waals surface area contributed by atoms with Crippen molar-refractivity contribution in [2.45, 2.75) is 6.92 Å². The molecule has 0 aliphatic rings. The second-order valence-electron chi connectivity index (χ2n) is 3.49. The van der Waals surface area contributed by atoms with E-state index in [-0.39, 0.29) is 0 Å². The van der Waals surface area contributed by atoms with Gasteiger partial charge >= 0.3 is 0 Å². The van der Waals surface area contributed by atoms with E-state index in [9.17, 15) is 0 Å². The maximum Gasteiger partial charge on any atom is 0.142 e. The summed E-state index contributed by atoms with van der Waals surface area (Å²) in [7, 11) is 1.65. The Bertz CT molecular complexity index is 315. The van der Waals surface area contributed by atoms with Gasteiger partial charge in [0.25, 0.3) is 0 Å². The van der Waals surface area contributed by atoms with Crippen LogP contribution in [0.3, 0.4) is 0 Å². The molecule has 90 valence electrons. The van der Waals surface area contributed by atoms with E-state index >= 15 is 0 Å². The summed E-state index contributed by atoms with van der Waals surface area (Å²) in [5.74, 6) is 0.709. The summed E-state index contributed by atoms with van der Waals surface area (Å²) in [6, 6.07) is 5.73. The smallest absolute Gasteiger partial charge is 0.142 e. The zero-order valence-corrected chi connectivity index (χ0v) is 9.86. The molecule has 0 saturated heterocycles. The van der Waals surface area contributed by atoms with E-state index in [4.69, 9.17) is 19.9 Å². The van der Waals surface area contributed by atoms with E-state index in [0.29, 0.717) is 37.9 Å². The van der Waals surface area contributed by atoms with Crippen LogP contribution in [0, 0.1) is 6.92 Å². The third-order valence-electron chi connectivity index (χ3n) is 2.08. The number of aryl methyl sites for hydroxylation is 1. The average molecular weight is 225 g/mol. The zero-order valence-electron chi connectivity index (χ0n) is 9.86. The Balaban J connectivity index is 2.21. The number of ether oxygens (including phenoxy) is 3. The van der Waals surface area contributed by atoms with Crippen LogP contribution in [0.4, 0.5) is 5.69 Å².